The largest absolute Gasteiger partial charge is 0.480 e. The number of likely N-dealkylation sites (tertiary alicyclic amines) is 1. The number of alkyl carbamates (subject to hydrolysis) is 1. The number of carbonyl (C=O) groups excluding carboxylic acids is 3. The van der Waals surface area contributed by atoms with Crippen molar-refractivity contribution in [2.45, 2.75) is 58.2 Å². The summed E-state index contributed by atoms with van der Waals surface area (Å²) in [7, 11) is 0. The van der Waals surface area contributed by atoms with Gasteiger partial charge in [0.15, 0.2) is 0 Å². The Morgan fingerprint density at radius 2 is 1.96 bits per heavy atom. The zero-order chi connectivity index (χ0) is 19.9. The molecule has 0 saturated carbocycles. The van der Waals surface area contributed by atoms with E-state index < -0.39 is 35.7 Å². The standard InChI is InChI=1S/C16H27N3O6S/c1-10(20)17-9-26-8-11(18-15(24)25-16(2,3)4)13(21)19-7-5-6-12(19)14(22)23/h11-12H,5-9H2,1-4H3,(H,17,20)(H,18,24)(H,22,23)/t11-,12-/m0/s1. The van der Waals surface area contributed by atoms with Gasteiger partial charge in [-0.15, -0.1) is 11.8 Å². The lowest BCUT2D eigenvalue weighted by Crippen LogP contribution is -2.53. The van der Waals surface area contributed by atoms with Crippen LogP contribution in [0.4, 0.5) is 4.79 Å². The maximum atomic E-state index is 12.8. The summed E-state index contributed by atoms with van der Waals surface area (Å²) in [6, 6.07) is -1.82. The molecule has 0 aromatic heterocycles. The summed E-state index contributed by atoms with van der Waals surface area (Å²) in [4.78, 5) is 48.4. The first-order valence-electron chi connectivity index (χ1n) is 8.36. The highest BCUT2D eigenvalue weighted by Gasteiger charge is 2.38. The Balaban J connectivity index is 2.77. The second kappa shape index (κ2) is 9.65. The Kier molecular flexibility index (Phi) is 8.19. The second-order valence-electron chi connectivity index (χ2n) is 6.97. The van der Waals surface area contributed by atoms with E-state index in [0.29, 0.717) is 19.4 Å². The molecule has 10 heteroatoms. The lowest BCUT2D eigenvalue weighted by molar-refractivity contribution is -0.148. The van der Waals surface area contributed by atoms with Gasteiger partial charge in [-0.1, -0.05) is 0 Å². The number of amides is 3. The summed E-state index contributed by atoms with van der Waals surface area (Å²) in [5, 5.41) is 14.4. The van der Waals surface area contributed by atoms with Crippen molar-refractivity contribution >= 4 is 35.6 Å². The zero-order valence-corrected chi connectivity index (χ0v) is 16.4. The van der Waals surface area contributed by atoms with Gasteiger partial charge in [0.25, 0.3) is 0 Å². The molecule has 3 amide bonds. The number of rotatable bonds is 7. The SMILES string of the molecule is CC(=O)NCSC[C@H](NC(=O)OC(C)(C)C)C(=O)N1CCC[C@H]1C(=O)O. The number of nitrogens with zero attached hydrogens (tertiary/aromatic N) is 1. The summed E-state index contributed by atoms with van der Waals surface area (Å²) in [5.41, 5.74) is -0.724. The molecule has 0 aliphatic carbocycles. The minimum atomic E-state index is -1.06. The molecule has 0 aromatic rings. The topological polar surface area (TPSA) is 125 Å². The van der Waals surface area contributed by atoms with Crippen LogP contribution in [0.25, 0.3) is 0 Å². The predicted molar refractivity (Wildman–Crippen MR) is 96.7 cm³/mol. The lowest BCUT2D eigenvalue weighted by atomic mass is 10.2. The summed E-state index contributed by atoms with van der Waals surface area (Å²) in [5.74, 6) is -1.27. The Morgan fingerprint density at radius 1 is 1.31 bits per heavy atom. The van der Waals surface area contributed by atoms with Crippen LogP contribution in [-0.4, -0.2) is 69.7 Å². The van der Waals surface area contributed by atoms with Gasteiger partial charge in [-0.25, -0.2) is 9.59 Å². The van der Waals surface area contributed by atoms with E-state index in [9.17, 15) is 24.3 Å². The number of aliphatic carboxylic acids is 1. The van der Waals surface area contributed by atoms with Crippen molar-refractivity contribution in [1.29, 1.82) is 0 Å². The average Bonchev–Trinajstić information content (AvgIpc) is 2.97. The van der Waals surface area contributed by atoms with Crippen LogP contribution in [0.5, 0.6) is 0 Å². The van der Waals surface area contributed by atoms with Crippen LogP contribution in [0.1, 0.15) is 40.5 Å². The molecule has 0 radical (unpaired) electrons. The van der Waals surface area contributed by atoms with Gasteiger partial charge < -0.3 is 25.4 Å². The first-order chi connectivity index (χ1) is 12.0. The van der Waals surface area contributed by atoms with Crippen molar-refractivity contribution in [3.05, 3.63) is 0 Å². The van der Waals surface area contributed by atoms with Gasteiger partial charge in [-0.3, -0.25) is 9.59 Å². The van der Waals surface area contributed by atoms with Crippen LogP contribution in [0, 0.1) is 0 Å². The minimum absolute atomic E-state index is 0.182. The quantitative estimate of drug-likeness (QED) is 0.434. The molecule has 9 nitrogen and oxygen atoms in total. The highest BCUT2D eigenvalue weighted by Crippen LogP contribution is 2.20. The monoisotopic (exact) mass is 389 g/mol. The smallest absolute Gasteiger partial charge is 0.408 e. The first kappa shape index (κ1) is 22.1. The van der Waals surface area contributed by atoms with E-state index in [4.69, 9.17) is 4.74 Å². The van der Waals surface area contributed by atoms with Gasteiger partial charge in [0.05, 0.1) is 5.88 Å². The number of thioether (sulfide) groups is 1. The van der Waals surface area contributed by atoms with Gasteiger partial charge in [0.2, 0.25) is 11.8 Å². The summed E-state index contributed by atoms with van der Waals surface area (Å²) in [6.07, 6.45) is 0.238. The summed E-state index contributed by atoms with van der Waals surface area (Å²) < 4.78 is 5.18. The number of nitrogens with one attached hydrogen (secondary N) is 2. The number of carboxylic acid groups (broad SMARTS) is 1. The maximum Gasteiger partial charge on any atom is 0.408 e. The highest BCUT2D eigenvalue weighted by molar-refractivity contribution is 7.99. The van der Waals surface area contributed by atoms with Crippen LogP contribution in [-0.2, 0) is 19.1 Å². The fraction of sp³-hybridized carbons (Fsp3) is 0.750. The zero-order valence-electron chi connectivity index (χ0n) is 15.5. The van der Waals surface area contributed by atoms with E-state index in [1.807, 2.05) is 0 Å². The molecule has 0 aromatic carbocycles. The fourth-order valence-corrected chi connectivity index (χ4v) is 3.33. The molecule has 0 unspecified atom stereocenters. The summed E-state index contributed by atoms with van der Waals surface area (Å²) >= 11 is 1.25. The lowest BCUT2D eigenvalue weighted by Gasteiger charge is -2.28. The predicted octanol–water partition coefficient (Wildman–Crippen LogP) is 0.782. The van der Waals surface area contributed by atoms with Gasteiger partial charge in [-0.05, 0) is 33.6 Å². The Hall–Kier alpha value is -1.97. The first-order valence-corrected chi connectivity index (χ1v) is 9.51. The molecule has 0 bridgehead atoms. The third-order valence-electron chi connectivity index (χ3n) is 3.52. The summed E-state index contributed by atoms with van der Waals surface area (Å²) in [6.45, 7) is 6.82. The van der Waals surface area contributed by atoms with Crippen LogP contribution in [0.3, 0.4) is 0 Å². The van der Waals surface area contributed by atoms with Crippen molar-refractivity contribution in [2.24, 2.45) is 0 Å². The minimum Gasteiger partial charge on any atom is -0.480 e. The van der Waals surface area contributed by atoms with E-state index in [0.717, 1.165) is 0 Å². The second-order valence-corrected chi connectivity index (χ2v) is 8.01. The molecule has 1 fully saturated rings. The van der Waals surface area contributed by atoms with Crippen molar-refractivity contribution < 1.29 is 29.0 Å². The van der Waals surface area contributed by atoms with E-state index in [2.05, 4.69) is 10.6 Å². The van der Waals surface area contributed by atoms with E-state index >= 15 is 0 Å². The Bertz CT molecular complexity index is 549. The molecule has 148 valence electrons. The normalized spacial score (nSPS) is 18.2. The van der Waals surface area contributed by atoms with Crippen LogP contribution in [0.2, 0.25) is 0 Å². The Labute approximate surface area is 157 Å². The maximum absolute atomic E-state index is 12.8. The molecule has 26 heavy (non-hydrogen) atoms. The third-order valence-corrected chi connectivity index (χ3v) is 4.44. The van der Waals surface area contributed by atoms with Crippen LogP contribution in [0.15, 0.2) is 0 Å². The van der Waals surface area contributed by atoms with E-state index in [1.54, 1.807) is 20.8 Å². The number of ether oxygens (including phenoxy) is 1. The molecule has 1 aliphatic heterocycles. The van der Waals surface area contributed by atoms with Gasteiger partial charge >= 0.3 is 12.1 Å². The number of carbonyl (C=O) groups is 4. The van der Waals surface area contributed by atoms with Gasteiger partial charge in [0, 0.05) is 19.2 Å². The van der Waals surface area contributed by atoms with Crippen molar-refractivity contribution in [1.82, 2.24) is 15.5 Å². The average molecular weight is 389 g/mol. The van der Waals surface area contributed by atoms with E-state index in [1.165, 1.54) is 23.6 Å². The molecular formula is C16H27N3O6S. The van der Waals surface area contributed by atoms with Crippen LogP contribution >= 0.6 is 11.8 Å². The number of carboxylic acids is 1. The van der Waals surface area contributed by atoms with Crippen molar-refractivity contribution in [3.8, 4) is 0 Å². The number of hydrogen-bond acceptors (Lipinski definition) is 6. The number of hydrogen-bond donors (Lipinski definition) is 3. The molecule has 3 N–H and O–H groups in total. The van der Waals surface area contributed by atoms with Crippen molar-refractivity contribution in [2.75, 3.05) is 18.2 Å². The van der Waals surface area contributed by atoms with Crippen molar-refractivity contribution in [3.63, 3.8) is 0 Å². The molecule has 1 heterocycles. The molecule has 0 spiro atoms. The molecule has 1 aliphatic rings. The molecule has 1 rings (SSSR count). The van der Waals surface area contributed by atoms with E-state index in [-0.39, 0.29) is 17.5 Å². The third kappa shape index (κ3) is 7.51. The Morgan fingerprint density at radius 3 is 2.50 bits per heavy atom. The van der Waals surface area contributed by atoms with Gasteiger partial charge in [-0.2, -0.15) is 0 Å². The molecule has 2 atom stereocenters. The highest BCUT2D eigenvalue weighted by atomic mass is 32.2. The fourth-order valence-electron chi connectivity index (χ4n) is 2.44. The molecular weight excluding hydrogens is 362 g/mol. The van der Waals surface area contributed by atoms with Gasteiger partial charge in [0.1, 0.15) is 17.7 Å². The molecule has 1 saturated heterocycles. The van der Waals surface area contributed by atoms with Crippen LogP contribution < -0.4 is 10.6 Å².